The summed E-state index contributed by atoms with van der Waals surface area (Å²) in [5.41, 5.74) is 5.49. The number of likely N-dealkylation sites (N-methyl/N-ethyl adjacent to an activating group) is 1. The van der Waals surface area contributed by atoms with E-state index in [1.54, 1.807) is 12.1 Å². The number of nitrogen functional groups attached to an aromatic ring is 1. The van der Waals surface area contributed by atoms with Gasteiger partial charge in [0.1, 0.15) is 12.4 Å². The van der Waals surface area contributed by atoms with Crippen molar-refractivity contribution in [3.05, 3.63) is 18.2 Å². The maximum atomic E-state index is 5.49. The molecule has 0 aromatic carbocycles. The van der Waals surface area contributed by atoms with Gasteiger partial charge in [0.2, 0.25) is 5.88 Å². The molecule has 0 aliphatic carbocycles. The van der Waals surface area contributed by atoms with E-state index in [0.717, 1.165) is 6.54 Å². The molecule has 0 saturated carbocycles. The Labute approximate surface area is 78.3 Å². The van der Waals surface area contributed by atoms with Gasteiger partial charge in [0.25, 0.3) is 0 Å². The van der Waals surface area contributed by atoms with Crippen LogP contribution in [0.1, 0.15) is 0 Å². The second-order valence-electron chi connectivity index (χ2n) is 3.05. The topological polar surface area (TPSA) is 51.4 Å². The van der Waals surface area contributed by atoms with E-state index in [1.807, 2.05) is 25.1 Å². The van der Waals surface area contributed by atoms with Gasteiger partial charge in [-0.15, -0.1) is 0 Å². The van der Waals surface area contributed by atoms with Crippen LogP contribution in [0.3, 0.4) is 0 Å². The Morgan fingerprint density at radius 1 is 1.46 bits per heavy atom. The van der Waals surface area contributed by atoms with Crippen molar-refractivity contribution in [2.24, 2.45) is 0 Å². The largest absolute Gasteiger partial charge is 0.476 e. The SMILES string of the molecule is CN(C)CCOc1cccc(N)n1. The van der Waals surface area contributed by atoms with Crippen molar-refractivity contribution in [3.63, 3.8) is 0 Å². The van der Waals surface area contributed by atoms with E-state index in [2.05, 4.69) is 4.98 Å². The molecule has 0 aliphatic heterocycles. The zero-order chi connectivity index (χ0) is 9.68. The van der Waals surface area contributed by atoms with E-state index in [0.29, 0.717) is 18.3 Å². The average molecular weight is 181 g/mol. The summed E-state index contributed by atoms with van der Waals surface area (Å²) < 4.78 is 5.36. The molecule has 0 saturated heterocycles. The fourth-order valence-corrected chi connectivity index (χ4v) is 0.844. The second kappa shape index (κ2) is 4.67. The van der Waals surface area contributed by atoms with Gasteiger partial charge in [-0.2, -0.15) is 4.98 Å². The molecule has 1 aromatic heterocycles. The molecule has 0 spiro atoms. The Morgan fingerprint density at radius 2 is 2.23 bits per heavy atom. The molecule has 4 heteroatoms. The summed E-state index contributed by atoms with van der Waals surface area (Å²) in [6.07, 6.45) is 0. The molecule has 0 fully saturated rings. The molecule has 0 radical (unpaired) electrons. The summed E-state index contributed by atoms with van der Waals surface area (Å²) in [4.78, 5) is 6.05. The molecule has 0 aliphatic rings. The monoisotopic (exact) mass is 181 g/mol. The first-order chi connectivity index (χ1) is 6.18. The average Bonchev–Trinajstić information content (AvgIpc) is 2.03. The van der Waals surface area contributed by atoms with E-state index in [-0.39, 0.29) is 0 Å². The van der Waals surface area contributed by atoms with Crippen LogP contribution in [0.2, 0.25) is 0 Å². The van der Waals surface area contributed by atoms with Gasteiger partial charge in [-0.25, -0.2) is 0 Å². The number of pyridine rings is 1. The van der Waals surface area contributed by atoms with Gasteiger partial charge < -0.3 is 15.4 Å². The number of hydrogen-bond acceptors (Lipinski definition) is 4. The number of ether oxygens (including phenoxy) is 1. The highest BCUT2D eigenvalue weighted by Gasteiger charge is 1.95. The minimum atomic E-state index is 0.488. The summed E-state index contributed by atoms with van der Waals surface area (Å²) in [6, 6.07) is 5.36. The molecule has 1 aromatic rings. The van der Waals surface area contributed by atoms with Crippen molar-refractivity contribution in [1.82, 2.24) is 9.88 Å². The highest BCUT2D eigenvalue weighted by Crippen LogP contribution is 2.07. The fourth-order valence-electron chi connectivity index (χ4n) is 0.844. The standard InChI is InChI=1S/C9H15N3O/c1-12(2)6-7-13-9-5-3-4-8(10)11-9/h3-5H,6-7H2,1-2H3,(H2,10,11). The number of hydrogen-bond donors (Lipinski definition) is 1. The minimum absolute atomic E-state index is 0.488. The molecular formula is C9H15N3O. The van der Waals surface area contributed by atoms with Gasteiger partial charge in [-0.05, 0) is 20.2 Å². The predicted octanol–water partition coefficient (Wildman–Crippen LogP) is 0.604. The first-order valence-corrected chi connectivity index (χ1v) is 4.18. The van der Waals surface area contributed by atoms with Crippen LogP contribution >= 0.6 is 0 Å². The van der Waals surface area contributed by atoms with Gasteiger partial charge in [0.05, 0.1) is 0 Å². The van der Waals surface area contributed by atoms with Crippen LogP contribution in [0.4, 0.5) is 5.82 Å². The summed E-state index contributed by atoms with van der Waals surface area (Å²) in [5, 5.41) is 0. The molecule has 0 bridgehead atoms. The molecule has 13 heavy (non-hydrogen) atoms. The number of nitrogens with zero attached hydrogens (tertiary/aromatic N) is 2. The fraction of sp³-hybridized carbons (Fsp3) is 0.444. The summed E-state index contributed by atoms with van der Waals surface area (Å²) >= 11 is 0. The molecule has 0 amide bonds. The lowest BCUT2D eigenvalue weighted by atomic mass is 10.4. The molecule has 1 heterocycles. The van der Waals surface area contributed by atoms with Crippen molar-refractivity contribution in [1.29, 1.82) is 0 Å². The zero-order valence-electron chi connectivity index (χ0n) is 8.03. The Kier molecular flexibility index (Phi) is 3.52. The Morgan fingerprint density at radius 3 is 2.85 bits per heavy atom. The van der Waals surface area contributed by atoms with E-state index >= 15 is 0 Å². The smallest absolute Gasteiger partial charge is 0.215 e. The summed E-state index contributed by atoms with van der Waals surface area (Å²) in [5.74, 6) is 1.07. The first-order valence-electron chi connectivity index (χ1n) is 4.18. The molecule has 0 atom stereocenters. The van der Waals surface area contributed by atoms with Crippen molar-refractivity contribution >= 4 is 5.82 Å². The lowest BCUT2D eigenvalue weighted by Crippen LogP contribution is -2.19. The highest BCUT2D eigenvalue weighted by atomic mass is 16.5. The maximum absolute atomic E-state index is 5.49. The molecule has 1 rings (SSSR count). The van der Waals surface area contributed by atoms with Crippen molar-refractivity contribution in [3.8, 4) is 5.88 Å². The Balaban J connectivity index is 2.37. The van der Waals surface area contributed by atoms with Gasteiger partial charge in [0, 0.05) is 12.6 Å². The predicted molar refractivity (Wildman–Crippen MR) is 52.7 cm³/mol. The number of rotatable bonds is 4. The first kappa shape index (κ1) is 9.80. The van der Waals surface area contributed by atoms with Gasteiger partial charge >= 0.3 is 0 Å². The van der Waals surface area contributed by atoms with Crippen molar-refractivity contribution < 1.29 is 4.74 Å². The van der Waals surface area contributed by atoms with Gasteiger partial charge in [0.15, 0.2) is 0 Å². The van der Waals surface area contributed by atoms with Crippen LogP contribution < -0.4 is 10.5 Å². The third kappa shape index (κ3) is 3.75. The maximum Gasteiger partial charge on any atom is 0.215 e. The van der Waals surface area contributed by atoms with E-state index in [1.165, 1.54) is 0 Å². The van der Waals surface area contributed by atoms with Crippen LogP contribution in [0.25, 0.3) is 0 Å². The van der Waals surface area contributed by atoms with Crippen LogP contribution in [0.15, 0.2) is 18.2 Å². The Bertz CT molecular complexity index is 263. The van der Waals surface area contributed by atoms with Crippen LogP contribution in [0.5, 0.6) is 5.88 Å². The second-order valence-corrected chi connectivity index (χ2v) is 3.05. The van der Waals surface area contributed by atoms with Crippen LogP contribution in [-0.2, 0) is 0 Å². The Hall–Kier alpha value is -1.29. The summed E-state index contributed by atoms with van der Waals surface area (Å²) in [6.45, 7) is 1.50. The normalized spacial score (nSPS) is 10.4. The lowest BCUT2D eigenvalue weighted by Gasteiger charge is -2.10. The number of aromatic nitrogens is 1. The zero-order valence-corrected chi connectivity index (χ0v) is 8.03. The third-order valence-electron chi connectivity index (χ3n) is 1.53. The van der Waals surface area contributed by atoms with Crippen LogP contribution in [-0.4, -0.2) is 37.1 Å². The lowest BCUT2D eigenvalue weighted by molar-refractivity contribution is 0.254. The number of nitrogens with two attached hydrogens (primary N) is 1. The third-order valence-corrected chi connectivity index (χ3v) is 1.53. The molecule has 0 unspecified atom stereocenters. The van der Waals surface area contributed by atoms with Gasteiger partial charge in [-0.3, -0.25) is 0 Å². The minimum Gasteiger partial charge on any atom is -0.476 e. The molecule has 72 valence electrons. The van der Waals surface area contributed by atoms with Crippen molar-refractivity contribution in [2.75, 3.05) is 33.0 Å². The molecule has 2 N–H and O–H groups in total. The van der Waals surface area contributed by atoms with E-state index in [9.17, 15) is 0 Å². The summed E-state index contributed by atoms with van der Waals surface area (Å²) in [7, 11) is 3.99. The van der Waals surface area contributed by atoms with Gasteiger partial charge in [-0.1, -0.05) is 6.07 Å². The molecule has 4 nitrogen and oxygen atoms in total. The quantitative estimate of drug-likeness (QED) is 0.739. The number of anilines is 1. The van der Waals surface area contributed by atoms with Crippen molar-refractivity contribution in [2.45, 2.75) is 0 Å². The highest BCUT2D eigenvalue weighted by molar-refractivity contribution is 5.30. The van der Waals surface area contributed by atoms with E-state index in [4.69, 9.17) is 10.5 Å². The molecular weight excluding hydrogens is 166 g/mol. The van der Waals surface area contributed by atoms with E-state index < -0.39 is 0 Å². The van der Waals surface area contributed by atoms with Crippen LogP contribution in [0, 0.1) is 0 Å².